The lowest BCUT2D eigenvalue weighted by Crippen LogP contribution is -2.12. The van der Waals surface area contributed by atoms with Crippen LogP contribution < -0.4 is 0 Å². The predicted molar refractivity (Wildman–Crippen MR) is 122 cm³/mol. The molecule has 0 amide bonds. The van der Waals surface area contributed by atoms with Gasteiger partial charge in [0.2, 0.25) is 18.2 Å². The first-order chi connectivity index (χ1) is 14.5. The Morgan fingerprint density at radius 2 is 1.17 bits per heavy atom. The van der Waals surface area contributed by atoms with Gasteiger partial charge in [-0.3, -0.25) is 0 Å². The van der Waals surface area contributed by atoms with Crippen LogP contribution in [0.15, 0.2) is 45.3 Å². The summed E-state index contributed by atoms with van der Waals surface area (Å²) in [6.07, 6.45) is 14.0. The molecule has 1 aromatic carbocycles. The van der Waals surface area contributed by atoms with Gasteiger partial charge in [-0.1, -0.05) is 82.7 Å². The lowest BCUT2D eigenvalue weighted by molar-refractivity contribution is 0.523. The number of nitrogens with zero attached hydrogens (tertiary/aromatic N) is 3. The van der Waals surface area contributed by atoms with Crippen molar-refractivity contribution in [3.63, 3.8) is 0 Å². The standard InChI is InChI=1S/C10H11NO.C8H15NO.C6H11NO/c1-10(2,11-8-12)9-6-4-3-5-7-9;1-2-3-4-5-6-7-9-8-10;1-2-3-4-5-7-6-8/h3-7H,1-2H3;2-7H2,1H3;2-5H2,1H3. The van der Waals surface area contributed by atoms with Crippen LogP contribution in [0.3, 0.4) is 0 Å². The highest BCUT2D eigenvalue weighted by atomic mass is 16.1. The van der Waals surface area contributed by atoms with Crippen molar-refractivity contribution in [3.05, 3.63) is 35.9 Å². The smallest absolute Gasteiger partial charge is 0.211 e. The Labute approximate surface area is 181 Å². The monoisotopic (exact) mass is 415 g/mol. The fourth-order valence-electron chi connectivity index (χ4n) is 2.35. The number of aliphatic imine (C=N–C) groups is 3. The first kappa shape index (κ1) is 29.6. The molecule has 1 aromatic rings. The van der Waals surface area contributed by atoms with E-state index in [2.05, 4.69) is 28.8 Å². The van der Waals surface area contributed by atoms with E-state index in [4.69, 9.17) is 0 Å². The highest BCUT2D eigenvalue weighted by Gasteiger charge is 2.17. The second kappa shape index (κ2) is 22.6. The van der Waals surface area contributed by atoms with Crippen LogP contribution in [-0.2, 0) is 19.9 Å². The van der Waals surface area contributed by atoms with E-state index in [9.17, 15) is 14.4 Å². The number of isocyanates is 3. The van der Waals surface area contributed by atoms with E-state index in [1.807, 2.05) is 44.2 Å². The van der Waals surface area contributed by atoms with E-state index in [0.29, 0.717) is 13.1 Å². The minimum Gasteiger partial charge on any atom is -0.211 e. The number of unbranched alkanes of at least 4 members (excludes halogenated alkanes) is 6. The molecule has 166 valence electrons. The molecular formula is C24H37N3O3. The van der Waals surface area contributed by atoms with Crippen molar-refractivity contribution in [2.75, 3.05) is 13.1 Å². The molecule has 0 aromatic heterocycles. The Morgan fingerprint density at radius 3 is 1.63 bits per heavy atom. The van der Waals surface area contributed by atoms with Crippen molar-refractivity contribution in [1.82, 2.24) is 0 Å². The molecule has 6 heteroatoms. The van der Waals surface area contributed by atoms with E-state index >= 15 is 0 Å². The summed E-state index contributed by atoms with van der Waals surface area (Å²) in [5.74, 6) is 0. The molecule has 0 saturated carbocycles. The Bertz CT molecular complexity index is 656. The van der Waals surface area contributed by atoms with Crippen molar-refractivity contribution >= 4 is 18.2 Å². The Hall–Kier alpha value is -2.64. The SMILES string of the molecule is CC(C)(N=C=O)c1ccccc1.CCCCCCCN=C=O.CCCCCN=C=O. The third-order valence-electron chi connectivity index (χ3n) is 4.18. The largest absolute Gasteiger partial charge is 0.235 e. The van der Waals surface area contributed by atoms with Crippen LogP contribution in [0, 0.1) is 0 Å². The summed E-state index contributed by atoms with van der Waals surface area (Å²) in [6.45, 7) is 9.37. The minimum absolute atomic E-state index is 0.455. The molecule has 0 aliphatic carbocycles. The summed E-state index contributed by atoms with van der Waals surface area (Å²) in [4.78, 5) is 39.8. The third kappa shape index (κ3) is 20.1. The van der Waals surface area contributed by atoms with Gasteiger partial charge in [-0.05, 0) is 32.3 Å². The topological polar surface area (TPSA) is 88.3 Å². The second-order valence-corrected chi connectivity index (χ2v) is 7.20. The molecule has 0 unspecified atom stereocenters. The average Bonchev–Trinajstić information content (AvgIpc) is 2.75. The molecule has 0 atom stereocenters. The molecule has 0 spiro atoms. The minimum atomic E-state index is -0.455. The summed E-state index contributed by atoms with van der Waals surface area (Å²) in [5, 5.41) is 0. The van der Waals surface area contributed by atoms with Crippen LogP contribution in [0.2, 0.25) is 0 Å². The molecule has 30 heavy (non-hydrogen) atoms. The maximum absolute atomic E-state index is 10.1. The lowest BCUT2D eigenvalue weighted by Gasteiger charge is -2.16. The maximum atomic E-state index is 10.1. The van der Waals surface area contributed by atoms with Crippen molar-refractivity contribution in [2.24, 2.45) is 15.0 Å². The van der Waals surface area contributed by atoms with Crippen LogP contribution >= 0.6 is 0 Å². The average molecular weight is 416 g/mol. The molecule has 0 aliphatic heterocycles. The molecule has 0 N–H and O–H groups in total. The number of hydrogen-bond donors (Lipinski definition) is 0. The first-order valence-electron chi connectivity index (χ1n) is 10.7. The normalized spacial score (nSPS) is 9.33. The van der Waals surface area contributed by atoms with Crippen LogP contribution in [0.4, 0.5) is 0 Å². The zero-order valence-electron chi connectivity index (χ0n) is 19.0. The van der Waals surface area contributed by atoms with Crippen LogP contribution in [0.1, 0.15) is 84.6 Å². The van der Waals surface area contributed by atoms with E-state index in [0.717, 1.165) is 24.8 Å². The number of carbonyl (C=O) groups excluding carboxylic acids is 3. The first-order valence-corrected chi connectivity index (χ1v) is 10.7. The van der Waals surface area contributed by atoms with Crippen molar-refractivity contribution in [2.45, 2.75) is 84.6 Å². The van der Waals surface area contributed by atoms with Gasteiger partial charge < -0.3 is 0 Å². The number of hydrogen-bond acceptors (Lipinski definition) is 6. The van der Waals surface area contributed by atoms with E-state index in [1.165, 1.54) is 44.3 Å². The number of rotatable bonds is 12. The van der Waals surface area contributed by atoms with E-state index < -0.39 is 5.54 Å². The third-order valence-corrected chi connectivity index (χ3v) is 4.18. The van der Waals surface area contributed by atoms with Gasteiger partial charge in [0.25, 0.3) is 0 Å². The maximum Gasteiger partial charge on any atom is 0.235 e. The van der Waals surface area contributed by atoms with Crippen molar-refractivity contribution in [3.8, 4) is 0 Å². The molecule has 0 aliphatic rings. The fraction of sp³-hybridized carbons (Fsp3) is 0.625. The van der Waals surface area contributed by atoms with Crippen LogP contribution in [0.5, 0.6) is 0 Å². The summed E-state index contributed by atoms with van der Waals surface area (Å²) >= 11 is 0. The van der Waals surface area contributed by atoms with Crippen molar-refractivity contribution in [1.29, 1.82) is 0 Å². The Balaban J connectivity index is 0. The predicted octanol–water partition coefficient (Wildman–Crippen LogP) is 6.06. The molecule has 0 radical (unpaired) electrons. The molecule has 0 fully saturated rings. The highest BCUT2D eigenvalue weighted by molar-refractivity contribution is 5.37. The molecule has 6 nitrogen and oxygen atoms in total. The van der Waals surface area contributed by atoms with Gasteiger partial charge in [0.1, 0.15) is 0 Å². The van der Waals surface area contributed by atoms with Crippen LogP contribution in [-0.4, -0.2) is 31.3 Å². The van der Waals surface area contributed by atoms with Gasteiger partial charge >= 0.3 is 0 Å². The summed E-state index contributed by atoms with van der Waals surface area (Å²) in [5.41, 5.74) is 0.566. The molecule has 1 rings (SSSR count). The zero-order valence-corrected chi connectivity index (χ0v) is 19.0. The fourth-order valence-corrected chi connectivity index (χ4v) is 2.35. The van der Waals surface area contributed by atoms with Gasteiger partial charge in [-0.15, -0.1) is 0 Å². The van der Waals surface area contributed by atoms with Gasteiger partial charge in [0, 0.05) is 0 Å². The Kier molecular flexibility index (Phi) is 22.3. The molecule has 0 heterocycles. The zero-order chi connectivity index (χ0) is 22.9. The lowest BCUT2D eigenvalue weighted by atomic mass is 9.95. The van der Waals surface area contributed by atoms with Crippen LogP contribution in [0.25, 0.3) is 0 Å². The van der Waals surface area contributed by atoms with Gasteiger partial charge in [0.15, 0.2) is 0 Å². The molecule has 0 bridgehead atoms. The number of benzene rings is 1. The van der Waals surface area contributed by atoms with Gasteiger partial charge in [-0.25, -0.2) is 24.4 Å². The van der Waals surface area contributed by atoms with Crippen molar-refractivity contribution < 1.29 is 14.4 Å². The van der Waals surface area contributed by atoms with E-state index in [1.54, 1.807) is 6.08 Å². The molecule has 0 saturated heterocycles. The summed E-state index contributed by atoms with van der Waals surface area (Å²) < 4.78 is 0. The molecular weight excluding hydrogens is 378 g/mol. The second-order valence-electron chi connectivity index (χ2n) is 7.20. The summed E-state index contributed by atoms with van der Waals surface area (Å²) in [7, 11) is 0. The quantitative estimate of drug-likeness (QED) is 0.236. The van der Waals surface area contributed by atoms with Gasteiger partial charge in [0.05, 0.1) is 18.6 Å². The summed E-state index contributed by atoms with van der Waals surface area (Å²) in [6, 6.07) is 9.68. The Morgan fingerprint density at radius 1 is 0.700 bits per heavy atom. The van der Waals surface area contributed by atoms with E-state index in [-0.39, 0.29) is 0 Å². The highest BCUT2D eigenvalue weighted by Crippen LogP contribution is 2.23. The van der Waals surface area contributed by atoms with Gasteiger partial charge in [-0.2, -0.15) is 4.99 Å².